The summed E-state index contributed by atoms with van der Waals surface area (Å²) in [6, 6.07) is 5.26. The normalized spacial score (nSPS) is 18.6. The van der Waals surface area contributed by atoms with Crippen LogP contribution < -0.4 is 15.1 Å². The number of aliphatic hydroxyl groups is 1. The molecule has 11 nitrogen and oxygen atoms in total. The van der Waals surface area contributed by atoms with E-state index in [0.717, 1.165) is 5.69 Å². The van der Waals surface area contributed by atoms with Gasteiger partial charge < -0.3 is 29.1 Å². The molecule has 0 aliphatic carbocycles. The Kier molecular flexibility index (Phi) is 6.56. The number of β-amino-alcohol motifs (C(OH)–C–C–N with tert-alkyl or cyclic N) is 1. The molecule has 1 unspecified atom stereocenters. The number of carbonyl (C=O) groups excluding carboxylic acids is 1. The first-order valence-electron chi connectivity index (χ1n) is 12.9. The van der Waals surface area contributed by atoms with E-state index < -0.39 is 24.1 Å². The summed E-state index contributed by atoms with van der Waals surface area (Å²) < 4.78 is 50.7. The minimum Gasteiger partial charge on any atom is -0.444 e. The molecule has 2 aliphatic rings. The van der Waals surface area contributed by atoms with Crippen LogP contribution in [0.2, 0.25) is 0 Å². The lowest BCUT2D eigenvalue weighted by Crippen LogP contribution is -2.39. The van der Waals surface area contributed by atoms with Crippen molar-refractivity contribution in [3.63, 3.8) is 0 Å². The van der Waals surface area contributed by atoms with Crippen LogP contribution in [-0.4, -0.2) is 69.4 Å². The topological polar surface area (TPSA) is 134 Å². The molecular formula is C26H26F3N7O4. The molecule has 0 aromatic carbocycles. The second-order valence-electron chi connectivity index (χ2n) is 10.0. The molecule has 210 valence electrons. The smallest absolute Gasteiger partial charge is 0.391 e. The van der Waals surface area contributed by atoms with Gasteiger partial charge in [0.05, 0.1) is 17.7 Å². The van der Waals surface area contributed by atoms with Crippen LogP contribution in [0.15, 0.2) is 39.5 Å². The summed E-state index contributed by atoms with van der Waals surface area (Å²) in [7, 11) is 0. The maximum absolute atomic E-state index is 13.2. The van der Waals surface area contributed by atoms with Gasteiger partial charge in [-0.15, -0.1) is 0 Å². The molecule has 2 aliphatic heterocycles. The van der Waals surface area contributed by atoms with Gasteiger partial charge in [0.25, 0.3) is 11.9 Å². The third kappa shape index (κ3) is 5.18. The Hall–Kier alpha value is -4.20. The van der Waals surface area contributed by atoms with Gasteiger partial charge in [0.2, 0.25) is 11.5 Å². The zero-order valence-corrected chi connectivity index (χ0v) is 21.5. The Labute approximate surface area is 226 Å². The third-order valence-corrected chi connectivity index (χ3v) is 7.17. The highest BCUT2D eigenvalue weighted by Gasteiger charge is 2.41. The summed E-state index contributed by atoms with van der Waals surface area (Å²) in [5.74, 6) is -1.24. The van der Waals surface area contributed by atoms with E-state index in [1.807, 2.05) is 11.8 Å². The second kappa shape index (κ2) is 10.1. The van der Waals surface area contributed by atoms with Gasteiger partial charge in [-0.3, -0.25) is 9.78 Å². The monoisotopic (exact) mass is 557 g/mol. The Morgan fingerprint density at radius 1 is 1.10 bits per heavy atom. The maximum Gasteiger partial charge on any atom is 0.391 e. The van der Waals surface area contributed by atoms with E-state index in [0.29, 0.717) is 36.6 Å². The highest BCUT2D eigenvalue weighted by Crippen LogP contribution is 2.37. The van der Waals surface area contributed by atoms with E-state index in [2.05, 4.69) is 25.3 Å². The van der Waals surface area contributed by atoms with Crippen LogP contribution >= 0.6 is 0 Å². The summed E-state index contributed by atoms with van der Waals surface area (Å²) in [6.07, 6.45) is -1.47. The van der Waals surface area contributed by atoms with Crippen molar-refractivity contribution in [2.75, 3.05) is 41.3 Å². The number of nitrogens with zero attached hydrogens (tertiary/aromatic N) is 6. The SMILES string of the molecule is Cc1cc(-c2nc(C(=O)Nc3cc4oc(N5CCC(C(F)(F)F)CC5)nc4nc3N3CCC(O)C3)co2)ccn1. The zero-order chi connectivity index (χ0) is 28.0. The minimum atomic E-state index is -4.22. The van der Waals surface area contributed by atoms with Crippen LogP contribution in [-0.2, 0) is 0 Å². The molecule has 40 heavy (non-hydrogen) atoms. The molecule has 4 aromatic heterocycles. The number of aryl methyl sites for hydroxylation is 1. The molecular weight excluding hydrogens is 531 g/mol. The number of nitrogens with one attached hydrogen (secondary N) is 1. The van der Waals surface area contributed by atoms with E-state index in [1.165, 1.54) is 6.26 Å². The first-order valence-corrected chi connectivity index (χ1v) is 12.9. The molecule has 2 fully saturated rings. The number of hydrogen-bond acceptors (Lipinski definition) is 10. The van der Waals surface area contributed by atoms with Crippen molar-refractivity contribution in [1.82, 2.24) is 19.9 Å². The van der Waals surface area contributed by atoms with Crippen LogP contribution in [0.3, 0.4) is 0 Å². The van der Waals surface area contributed by atoms with Gasteiger partial charge in [0, 0.05) is 49.7 Å². The van der Waals surface area contributed by atoms with Crippen molar-refractivity contribution in [2.24, 2.45) is 5.92 Å². The number of carbonyl (C=O) groups is 1. The van der Waals surface area contributed by atoms with Crippen LogP contribution in [0, 0.1) is 12.8 Å². The van der Waals surface area contributed by atoms with Gasteiger partial charge in [0.1, 0.15) is 6.26 Å². The number of aromatic nitrogens is 4. The molecule has 2 saturated heterocycles. The van der Waals surface area contributed by atoms with Gasteiger partial charge in [-0.2, -0.15) is 18.2 Å². The number of halogens is 3. The Morgan fingerprint density at radius 3 is 2.58 bits per heavy atom. The Balaban J connectivity index is 1.27. The molecule has 1 amide bonds. The summed E-state index contributed by atoms with van der Waals surface area (Å²) >= 11 is 0. The molecule has 0 bridgehead atoms. The highest BCUT2D eigenvalue weighted by molar-refractivity contribution is 6.05. The van der Waals surface area contributed by atoms with Crippen molar-refractivity contribution >= 4 is 34.7 Å². The van der Waals surface area contributed by atoms with Crippen molar-refractivity contribution in [2.45, 2.75) is 38.5 Å². The fourth-order valence-corrected chi connectivity index (χ4v) is 5.02. The van der Waals surface area contributed by atoms with Crippen LogP contribution in [0.1, 0.15) is 35.4 Å². The van der Waals surface area contributed by atoms with Gasteiger partial charge >= 0.3 is 6.18 Å². The summed E-state index contributed by atoms with van der Waals surface area (Å²) in [5.41, 5.74) is 2.32. The van der Waals surface area contributed by atoms with E-state index in [9.17, 15) is 23.1 Å². The number of aliphatic hydroxyl groups excluding tert-OH is 1. The zero-order valence-electron chi connectivity index (χ0n) is 21.5. The second-order valence-corrected chi connectivity index (χ2v) is 10.0. The first kappa shape index (κ1) is 26.0. The summed E-state index contributed by atoms with van der Waals surface area (Å²) in [4.78, 5) is 34.2. The van der Waals surface area contributed by atoms with Crippen molar-refractivity contribution in [3.8, 4) is 11.5 Å². The molecule has 0 spiro atoms. The number of anilines is 3. The molecule has 1 atom stereocenters. The number of amides is 1. The lowest BCUT2D eigenvalue weighted by molar-refractivity contribution is -0.179. The van der Waals surface area contributed by atoms with Gasteiger partial charge in [-0.1, -0.05) is 0 Å². The predicted molar refractivity (Wildman–Crippen MR) is 138 cm³/mol. The summed E-state index contributed by atoms with van der Waals surface area (Å²) in [6.45, 7) is 2.95. The fraction of sp³-hybridized carbons (Fsp3) is 0.423. The lowest BCUT2D eigenvalue weighted by atomic mass is 9.97. The Morgan fingerprint density at radius 2 is 1.88 bits per heavy atom. The van der Waals surface area contributed by atoms with Crippen LogP contribution in [0.25, 0.3) is 22.7 Å². The number of alkyl halides is 3. The summed E-state index contributed by atoms with van der Waals surface area (Å²) in [5, 5.41) is 12.9. The number of hydrogen-bond donors (Lipinski definition) is 2. The molecule has 0 saturated carbocycles. The minimum absolute atomic E-state index is 0.0442. The number of piperidine rings is 1. The van der Waals surface area contributed by atoms with Crippen molar-refractivity contribution in [1.29, 1.82) is 0 Å². The van der Waals surface area contributed by atoms with E-state index in [4.69, 9.17) is 8.83 Å². The molecule has 0 radical (unpaired) electrons. The quantitative estimate of drug-likeness (QED) is 0.368. The maximum atomic E-state index is 13.2. The molecule has 14 heteroatoms. The molecule has 4 aromatic rings. The predicted octanol–water partition coefficient (Wildman–Crippen LogP) is 4.18. The van der Waals surface area contributed by atoms with Crippen molar-refractivity contribution < 1.29 is 31.9 Å². The average Bonchev–Trinajstić information content (AvgIpc) is 3.67. The average molecular weight is 558 g/mol. The highest BCUT2D eigenvalue weighted by atomic mass is 19.4. The molecule has 6 rings (SSSR count). The van der Waals surface area contributed by atoms with E-state index in [-0.39, 0.29) is 54.8 Å². The van der Waals surface area contributed by atoms with Crippen LogP contribution in [0.4, 0.5) is 30.7 Å². The van der Waals surface area contributed by atoms with Crippen molar-refractivity contribution in [3.05, 3.63) is 42.0 Å². The standard InChI is InChI=1S/C26H26F3N7O4/c1-14-10-15(2-6-30-14)24-32-19(13-39-24)23(38)31-18-11-20-21(33-22(18)36-9-5-17(37)12-36)34-25(40-20)35-7-3-16(4-8-35)26(27,28)29/h2,6,10-11,13,16-17,37H,3-5,7-9,12H2,1H3,(H,31,38). The number of oxazole rings is 2. The number of rotatable bonds is 5. The van der Waals surface area contributed by atoms with E-state index >= 15 is 0 Å². The number of fused-ring (bicyclic) bond motifs is 1. The lowest BCUT2D eigenvalue weighted by Gasteiger charge is -2.31. The van der Waals surface area contributed by atoms with Gasteiger partial charge in [0.15, 0.2) is 17.1 Å². The van der Waals surface area contributed by atoms with Crippen LogP contribution in [0.5, 0.6) is 0 Å². The number of pyridine rings is 2. The fourth-order valence-electron chi connectivity index (χ4n) is 5.02. The Bertz CT molecular complexity index is 1540. The van der Waals surface area contributed by atoms with E-state index in [1.54, 1.807) is 29.3 Å². The first-order chi connectivity index (χ1) is 19.1. The van der Waals surface area contributed by atoms with Gasteiger partial charge in [-0.05, 0) is 38.3 Å². The molecule has 6 heterocycles. The largest absolute Gasteiger partial charge is 0.444 e. The molecule has 2 N–H and O–H groups in total. The third-order valence-electron chi connectivity index (χ3n) is 7.17. The van der Waals surface area contributed by atoms with Gasteiger partial charge in [-0.25, -0.2) is 9.97 Å².